The summed E-state index contributed by atoms with van der Waals surface area (Å²) in [6, 6.07) is 5.51. The quantitative estimate of drug-likeness (QED) is 0.785. The largest absolute Gasteiger partial charge is 0.434 e. The minimum absolute atomic E-state index is 0.185. The fourth-order valence-corrected chi connectivity index (χ4v) is 1.65. The molecule has 0 saturated heterocycles. The normalized spacial score (nSPS) is 11.6. The van der Waals surface area contributed by atoms with E-state index in [-0.39, 0.29) is 17.3 Å². The molecule has 0 saturated carbocycles. The molecule has 19 heavy (non-hydrogen) atoms. The summed E-state index contributed by atoms with van der Waals surface area (Å²) in [5.74, 6) is -0.395. The summed E-state index contributed by atoms with van der Waals surface area (Å²) in [5, 5.41) is -0.306. The van der Waals surface area contributed by atoms with Gasteiger partial charge in [0.05, 0.1) is 11.9 Å². The molecule has 2 rings (SSSR count). The van der Waals surface area contributed by atoms with Gasteiger partial charge in [0.2, 0.25) is 0 Å². The van der Waals surface area contributed by atoms with Crippen LogP contribution in [0.1, 0.15) is 17.0 Å². The molecule has 7 heteroatoms. The van der Waals surface area contributed by atoms with Crippen molar-refractivity contribution in [3.05, 3.63) is 58.4 Å². The van der Waals surface area contributed by atoms with Crippen molar-refractivity contribution in [1.29, 1.82) is 0 Å². The van der Waals surface area contributed by atoms with Crippen molar-refractivity contribution in [2.75, 3.05) is 0 Å². The number of nitrogens with zero attached hydrogens (tertiary/aromatic N) is 2. The number of halogens is 5. The van der Waals surface area contributed by atoms with Gasteiger partial charge in [-0.3, -0.25) is 4.98 Å². The molecule has 1 heterocycles. The molecule has 0 fully saturated rings. The first-order chi connectivity index (χ1) is 8.86. The maximum absolute atomic E-state index is 12.7. The Morgan fingerprint density at radius 2 is 1.74 bits per heavy atom. The average molecular weight is 291 g/mol. The number of rotatable bonds is 2. The molecule has 2 nitrogen and oxygen atoms in total. The number of hydrogen-bond acceptors (Lipinski definition) is 2. The van der Waals surface area contributed by atoms with E-state index in [4.69, 9.17) is 11.6 Å². The predicted molar refractivity (Wildman–Crippen MR) is 61.3 cm³/mol. The summed E-state index contributed by atoms with van der Waals surface area (Å²) in [6.07, 6.45) is -3.76. The lowest BCUT2D eigenvalue weighted by Gasteiger charge is -2.08. The molecular weight excluding hydrogens is 284 g/mol. The Balaban J connectivity index is 2.24. The highest BCUT2D eigenvalue weighted by molar-refractivity contribution is 6.30. The topological polar surface area (TPSA) is 25.8 Å². The Kier molecular flexibility index (Phi) is 3.71. The second-order valence-electron chi connectivity index (χ2n) is 3.79. The number of benzene rings is 1. The zero-order valence-electron chi connectivity index (χ0n) is 9.38. The number of hydrogen-bond donors (Lipinski definition) is 0. The third kappa shape index (κ3) is 3.41. The van der Waals surface area contributed by atoms with Crippen LogP contribution < -0.4 is 0 Å². The van der Waals surface area contributed by atoms with Crippen LogP contribution in [-0.2, 0) is 12.6 Å². The standard InChI is InChI=1S/C12H7ClF4N2/c13-11-9(5-7-1-3-8(14)4-2-7)18-6-10(19-11)12(15,16)17/h1-4,6H,5H2. The van der Waals surface area contributed by atoms with Gasteiger partial charge in [0, 0.05) is 6.42 Å². The first-order valence-electron chi connectivity index (χ1n) is 5.19. The molecule has 1 aromatic heterocycles. The summed E-state index contributed by atoms with van der Waals surface area (Å²) in [5.41, 5.74) is -0.251. The van der Waals surface area contributed by atoms with Gasteiger partial charge >= 0.3 is 6.18 Å². The SMILES string of the molecule is Fc1ccc(Cc2ncc(C(F)(F)F)nc2Cl)cc1. The van der Waals surface area contributed by atoms with Crippen molar-refractivity contribution < 1.29 is 17.6 Å². The summed E-state index contributed by atoms with van der Waals surface area (Å²) in [4.78, 5) is 6.92. The molecule has 1 aromatic carbocycles. The molecule has 100 valence electrons. The smallest absolute Gasteiger partial charge is 0.255 e. The molecule has 0 radical (unpaired) electrons. The Hall–Kier alpha value is -1.69. The summed E-state index contributed by atoms with van der Waals surface area (Å²) in [7, 11) is 0. The maximum atomic E-state index is 12.7. The molecule has 0 bridgehead atoms. The van der Waals surface area contributed by atoms with Crippen molar-refractivity contribution >= 4 is 11.6 Å². The second-order valence-corrected chi connectivity index (χ2v) is 4.15. The van der Waals surface area contributed by atoms with Gasteiger partial charge in [-0.2, -0.15) is 13.2 Å². The average Bonchev–Trinajstić information content (AvgIpc) is 2.33. The molecule has 0 amide bonds. The van der Waals surface area contributed by atoms with E-state index < -0.39 is 17.7 Å². The highest BCUT2D eigenvalue weighted by Crippen LogP contribution is 2.28. The van der Waals surface area contributed by atoms with E-state index >= 15 is 0 Å². The van der Waals surface area contributed by atoms with Crippen LogP contribution in [0, 0.1) is 5.82 Å². The zero-order valence-corrected chi connectivity index (χ0v) is 10.1. The zero-order chi connectivity index (χ0) is 14.0. The minimum atomic E-state index is -4.58. The van der Waals surface area contributed by atoms with Crippen LogP contribution in [0.5, 0.6) is 0 Å². The van der Waals surface area contributed by atoms with Crippen molar-refractivity contribution in [3.8, 4) is 0 Å². The van der Waals surface area contributed by atoms with Gasteiger partial charge in [0.15, 0.2) is 10.8 Å². The minimum Gasteiger partial charge on any atom is -0.255 e. The highest BCUT2D eigenvalue weighted by atomic mass is 35.5. The molecule has 0 atom stereocenters. The van der Waals surface area contributed by atoms with Crippen molar-refractivity contribution in [2.24, 2.45) is 0 Å². The van der Waals surface area contributed by atoms with Crippen LogP contribution in [0.4, 0.5) is 17.6 Å². The Bertz CT molecular complexity index is 581. The Morgan fingerprint density at radius 1 is 1.11 bits per heavy atom. The van der Waals surface area contributed by atoms with Gasteiger partial charge < -0.3 is 0 Å². The predicted octanol–water partition coefficient (Wildman–Crippen LogP) is 3.88. The van der Waals surface area contributed by atoms with Gasteiger partial charge in [-0.15, -0.1) is 0 Å². The third-order valence-corrected chi connectivity index (χ3v) is 2.68. The van der Waals surface area contributed by atoms with Gasteiger partial charge in [0.25, 0.3) is 0 Å². The first kappa shape index (κ1) is 13.7. The van der Waals surface area contributed by atoms with Crippen LogP contribution in [0.15, 0.2) is 30.5 Å². The van der Waals surface area contributed by atoms with Crippen LogP contribution in [0.3, 0.4) is 0 Å². The van der Waals surface area contributed by atoms with Gasteiger partial charge in [0.1, 0.15) is 5.82 Å². The molecule has 0 spiro atoms. The van der Waals surface area contributed by atoms with Crippen LogP contribution in [0.2, 0.25) is 5.15 Å². The fraction of sp³-hybridized carbons (Fsp3) is 0.167. The maximum Gasteiger partial charge on any atom is 0.434 e. The highest BCUT2D eigenvalue weighted by Gasteiger charge is 2.33. The Labute approximate surface area is 111 Å². The van der Waals surface area contributed by atoms with Gasteiger partial charge in [-0.05, 0) is 17.7 Å². The lowest BCUT2D eigenvalue weighted by Crippen LogP contribution is -2.10. The first-order valence-corrected chi connectivity index (χ1v) is 5.57. The molecule has 2 aromatic rings. The summed E-state index contributed by atoms with van der Waals surface area (Å²) >= 11 is 5.67. The van der Waals surface area contributed by atoms with E-state index in [1.807, 2.05) is 0 Å². The molecular formula is C12H7ClF4N2. The molecule has 0 aliphatic heterocycles. The van der Waals surface area contributed by atoms with E-state index in [0.29, 0.717) is 11.8 Å². The second kappa shape index (κ2) is 5.13. The fourth-order valence-electron chi connectivity index (χ4n) is 1.44. The molecule has 0 aliphatic carbocycles. The van der Waals surface area contributed by atoms with Gasteiger partial charge in [-0.25, -0.2) is 9.37 Å². The van der Waals surface area contributed by atoms with E-state index in [2.05, 4.69) is 9.97 Å². The molecule has 0 aliphatic rings. The van der Waals surface area contributed by atoms with Crippen LogP contribution in [0.25, 0.3) is 0 Å². The lowest BCUT2D eigenvalue weighted by atomic mass is 10.1. The third-order valence-electron chi connectivity index (χ3n) is 2.37. The van der Waals surface area contributed by atoms with Crippen molar-refractivity contribution in [1.82, 2.24) is 9.97 Å². The van der Waals surface area contributed by atoms with E-state index in [9.17, 15) is 17.6 Å². The van der Waals surface area contributed by atoms with Crippen LogP contribution >= 0.6 is 11.6 Å². The summed E-state index contributed by atoms with van der Waals surface area (Å²) < 4.78 is 49.8. The number of aromatic nitrogens is 2. The van der Waals surface area contributed by atoms with Crippen molar-refractivity contribution in [3.63, 3.8) is 0 Å². The van der Waals surface area contributed by atoms with E-state index in [1.54, 1.807) is 0 Å². The number of alkyl halides is 3. The molecule has 0 unspecified atom stereocenters. The van der Waals surface area contributed by atoms with Crippen LogP contribution in [-0.4, -0.2) is 9.97 Å². The van der Waals surface area contributed by atoms with Gasteiger partial charge in [-0.1, -0.05) is 23.7 Å². The van der Waals surface area contributed by atoms with E-state index in [1.165, 1.54) is 24.3 Å². The molecule has 0 N–H and O–H groups in total. The van der Waals surface area contributed by atoms with E-state index in [0.717, 1.165) is 0 Å². The monoisotopic (exact) mass is 290 g/mol. The lowest BCUT2D eigenvalue weighted by molar-refractivity contribution is -0.141. The van der Waals surface area contributed by atoms with Crippen molar-refractivity contribution in [2.45, 2.75) is 12.6 Å². The summed E-state index contributed by atoms with van der Waals surface area (Å²) in [6.45, 7) is 0. The Morgan fingerprint density at radius 3 is 2.26 bits per heavy atom.